The van der Waals surface area contributed by atoms with E-state index in [0.717, 1.165) is 0 Å². The van der Waals surface area contributed by atoms with Crippen molar-refractivity contribution < 1.29 is 0 Å². The van der Waals surface area contributed by atoms with Gasteiger partial charge in [-0.05, 0) is 49.8 Å². The summed E-state index contributed by atoms with van der Waals surface area (Å²) in [6, 6.07) is 6.76. The molecule has 0 aliphatic rings. The molecule has 92 valence electrons. The van der Waals surface area contributed by atoms with Gasteiger partial charge in [-0.2, -0.15) is 0 Å². The molecule has 0 bridgehead atoms. The van der Waals surface area contributed by atoms with Gasteiger partial charge in [0.05, 0.1) is 4.70 Å². The molecule has 0 N–H and O–H groups in total. The van der Waals surface area contributed by atoms with Crippen molar-refractivity contribution in [3.8, 4) is 11.1 Å². The lowest BCUT2D eigenvalue weighted by Crippen LogP contribution is -1.84. The van der Waals surface area contributed by atoms with Crippen LogP contribution in [-0.2, 0) is 0 Å². The van der Waals surface area contributed by atoms with Crippen molar-refractivity contribution in [2.75, 3.05) is 0 Å². The van der Waals surface area contributed by atoms with Crippen molar-refractivity contribution in [3.05, 3.63) is 45.1 Å². The van der Waals surface area contributed by atoms with Gasteiger partial charge < -0.3 is 0 Å². The van der Waals surface area contributed by atoms with Crippen LogP contribution in [0.3, 0.4) is 0 Å². The molecule has 0 aliphatic carbocycles. The van der Waals surface area contributed by atoms with E-state index in [1.54, 1.807) is 0 Å². The molecule has 2 heterocycles. The van der Waals surface area contributed by atoms with Gasteiger partial charge in [-0.1, -0.05) is 23.8 Å². The third-order valence-electron chi connectivity index (χ3n) is 3.40. The number of hydrogen-bond donors (Lipinski definition) is 0. The molecular weight excluding hydrogens is 256 g/mol. The number of hydrogen-bond acceptors (Lipinski definition) is 2. The lowest BCUT2D eigenvalue weighted by Gasteiger charge is -2.06. The molecule has 0 atom stereocenters. The molecule has 0 nitrogen and oxygen atoms in total. The van der Waals surface area contributed by atoms with Crippen LogP contribution in [0.5, 0.6) is 0 Å². The van der Waals surface area contributed by atoms with Crippen LogP contribution in [0.2, 0.25) is 0 Å². The molecule has 0 saturated carbocycles. The van der Waals surface area contributed by atoms with Crippen molar-refractivity contribution in [1.82, 2.24) is 0 Å². The zero-order chi connectivity index (χ0) is 12.9. The van der Waals surface area contributed by atoms with Gasteiger partial charge >= 0.3 is 0 Å². The lowest BCUT2D eigenvalue weighted by molar-refractivity contribution is 1.38. The van der Waals surface area contributed by atoms with Crippen LogP contribution in [0, 0.1) is 27.7 Å². The average Bonchev–Trinajstić information content (AvgIpc) is 2.80. The maximum atomic E-state index is 2.28. The zero-order valence-corrected chi connectivity index (χ0v) is 12.8. The van der Waals surface area contributed by atoms with Gasteiger partial charge in [-0.15, -0.1) is 22.7 Å². The van der Waals surface area contributed by atoms with E-state index < -0.39 is 0 Å². The number of fused-ring (bicyclic) bond motifs is 1. The van der Waals surface area contributed by atoms with Crippen LogP contribution >= 0.6 is 22.7 Å². The Morgan fingerprint density at radius 1 is 0.889 bits per heavy atom. The Labute approximate surface area is 116 Å². The Hall–Kier alpha value is -1.12. The summed E-state index contributed by atoms with van der Waals surface area (Å²) < 4.78 is 2.93. The first-order valence-corrected chi connectivity index (χ1v) is 7.82. The molecule has 0 radical (unpaired) electrons. The quantitative estimate of drug-likeness (QED) is 0.520. The summed E-state index contributed by atoms with van der Waals surface area (Å²) in [4.78, 5) is 1.44. The molecule has 0 aliphatic heterocycles. The highest BCUT2D eigenvalue weighted by atomic mass is 32.1. The molecule has 3 aromatic rings. The molecule has 1 aromatic carbocycles. The number of aryl methyl sites for hydroxylation is 4. The van der Waals surface area contributed by atoms with Crippen LogP contribution < -0.4 is 0 Å². The Balaban J connectivity index is 2.34. The largest absolute Gasteiger partial charge is 0.142 e. The normalized spacial score (nSPS) is 11.3. The molecule has 0 saturated heterocycles. The highest BCUT2D eigenvalue weighted by molar-refractivity contribution is 7.28. The molecule has 0 unspecified atom stereocenters. The number of thiophene rings is 2. The van der Waals surface area contributed by atoms with E-state index in [-0.39, 0.29) is 0 Å². The van der Waals surface area contributed by atoms with Crippen molar-refractivity contribution in [3.63, 3.8) is 0 Å². The smallest absolute Gasteiger partial charge is 0.0534 e. The number of benzene rings is 1. The Bertz CT molecular complexity index is 729. The monoisotopic (exact) mass is 272 g/mol. The van der Waals surface area contributed by atoms with Crippen molar-refractivity contribution in [1.29, 1.82) is 0 Å². The predicted octanol–water partition coefficient (Wildman–Crippen LogP) is 5.86. The summed E-state index contributed by atoms with van der Waals surface area (Å²) in [5.74, 6) is 0. The summed E-state index contributed by atoms with van der Waals surface area (Å²) in [5.41, 5.74) is 6.97. The van der Waals surface area contributed by atoms with Crippen LogP contribution in [0.15, 0.2) is 23.6 Å². The first kappa shape index (κ1) is 11.9. The second kappa shape index (κ2) is 4.22. The van der Waals surface area contributed by atoms with Crippen molar-refractivity contribution in [2.45, 2.75) is 27.7 Å². The molecular formula is C16H16S2. The van der Waals surface area contributed by atoms with Gasteiger partial charge in [0.15, 0.2) is 0 Å². The molecule has 2 aromatic heterocycles. The highest BCUT2D eigenvalue weighted by Crippen LogP contribution is 2.44. The van der Waals surface area contributed by atoms with E-state index in [4.69, 9.17) is 0 Å². The number of rotatable bonds is 1. The van der Waals surface area contributed by atoms with Crippen molar-refractivity contribution in [2.24, 2.45) is 0 Å². The third kappa shape index (κ3) is 1.72. The van der Waals surface area contributed by atoms with Gasteiger partial charge in [-0.3, -0.25) is 0 Å². The maximum Gasteiger partial charge on any atom is 0.0534 e. The van der Waals surface area contributed by atoms with E-state index in [1.807, 2.05) is 22.7 Å². The summed E-state index contributed by atoms with van der Waals surface area (Å²) in [5, 5.41) is 2.27. The second-order valence-electron chi connectivity index (χ2n) is 4.93. The fourth-order valence-corrected chi connectivity index (χ4v) is 5.01. The molecule has 18 heavy (non-hydrogen) atoms. The van der Waals surface area contributed by atoms with Gasteiger partial charge in [0.2, 0.25) is 0 Å². The third-order valence-corrected chi connectivity index (χ3v) is 5.89. The van der Waals surface area contributed by atoms with Gasteiger partial charge in [0, 0.05) is 15.1 Å². The van der Waals surface area contributed by atoms with Gasteiger partial charge in [0.25, 0.3) is 0 Å². The fraction of sp³-hybridized carbons (Fsp3) is 0.250. The van der Waals surface area contributed by atoms with E-state index in [2.05, 4.69) is 51.3 Å². The highest BCUT2D eigenvalue weighted by Gasteiger charge is 2.15. The van der Waals surface area contributed by atoms with Crippen LogP contribution in [0.4, 0.5) is 0 Å². The molecule has 0 spiro atoms. The average molecular weight is 272 g/mol. The Kier molecular flexibility index (Phi) is 2.80. The van der Waals surface area contributed by atoms with Crippen LogP contribution in [-0.4, -0.2) is 0 Å². The standard InChI is InChI=1S/C16H16S2/c1-9-5-6-13(10(2)7-9)14-12(4)18-15-11(3)8-17-16(14)15/h5-8H,1-4H3. The first-order chi connectivity index (χ1) is 8.58. The second-order valence-corrected chi connectivity index (χ2v) is 7.03. The summed E-state index contributed by atoms with van der Waals surface area (Å²) >= 11 is 3.81. The molecule has 3 rings (SSSR count). The van der Waals surface area contributed by atoms with Crippen molar-refractivity contribution >= 4 is 32.1 Å². The van der Waals surface area contributed by atoms with E-state index in [0.29, 0.717) is 0 Å². The Morgan fingerprint density at radius 3 is 2.39 bits per heavy atom. The van der Waals surface area contributed by atoms with E-state index in [1.165, 1.54) is 42.1 Å². The first-order valence-electron chi connectivity index (χ1n) is 6.12. The van der Waals surface area contributed by atoms with Gasteiger partial charge in [-0.25, -0.2) is 0 Å². The zero-order valence-electron chi connectivity index (χ0n) is 11.1. The van der Waals surface area contributed by atoms with Gasteiger partial charge in [0.1, 0.15) is 0 Å². The minimum absolute atomic E-state index is 1.34. The predicted molar refractivity (Wildman–Crippen MR) is 84.1 cm³/mol. The topological polar surface area (TPSA) is 0 Å². The summed E-state index contributed by atoms with van der Waals surface area (Å²) in [6.45, 7) is 8.82. The summed E-state index contributed by atoms with van der Waals surface area (Å²) in [7, 11) is 0. The van der Waals surface area contributed by atoms with Crippen LogP contribution in [0.1, 0.15) is 21.6 Å². The van der Waals surface area contributed by atoms with E-state index >= 15 is 0 Å². The minimum Gasteiger partial charge on any atom is -0.142 e. The lowest BCUT2D eigenvalue weighted by atomic mass is 9.99. The van der Waals surface area contributed by atoms with E-state index in [9.17, 15) is 0 Å². The maximum absolute atomic E-state index is 2.28. The Morgan fingerprint density at radius 2 is 1.67 bits per heavy atom. The summed E-state index contributed by atoms with van der Waals surface area (Å²) in [6.07, 6.45) is 0. The molecule has 0 amide bonds. The fourth-order valence-electron chi connectivity index (χ4n) is 2.50. The van der Waals surface area contributed by atoms with Crippen LogP contribution in [0.25, 0.3) is 20.5 Å². The molecule has 0 fully saturated rings. The molecule has 2 heteroatoms. The minimum atomic E-state index is 1.34. The SMILES string of the molecule is Cc1ccc(-c2c(C)sc3c(C)csc23)c(C)c1.